The van der Waals surface area contributed by atoms with Gasteiger partial charge >= 0.3 is 0 Å². The highest BCUT2D eigenvalue weighted by molar-refractivity contribution is 9.11. The molecule has 0 unspecified atom stereocenters. The molecule has 0 N–H and O–H groups in total. The molecule has 6 heterocycles. The van der Waals surface area contributed by atoms with Gasteiger partial charge in [0.2, 0.25) is 0 Å². The topological polar surface area (TPSA) is 129 Å². The number of benzene rings is 6. The average molecular weight is 1320 g/mol. The molecule has 16 heteroatoms. The van der Waals surface area contributed by atoms with E-state index in [2.05, 4.69) is 116 Å². The van der Waals surface area contributed by atoms with Gasteiger partial charge in [0.1, 0.15) is 22.9 Å². The van der Waals surface area contributed by atoms with Crippen molar-refractivity contribution in [3.05, 3.63) is 222 Å². The summed E-state index contributed by atoms with van der Waals surface area (Å²) in [5.74, 6) is 0. The van der Waals surface area contributed by atoms with Gasteiger partial charge in [-0.25, -0.2) is 44.9 Å². The van der Waals surface area contributed by atoms with E-state index in [9.17, 15) is 0 Å². The van der Waals surface area contributed by atoms with Crippen LogP contribution < -0.4 is 0 Å². The molecule has 72 heavy (non-hydrogen) atoms. The van der Waals surface area contributed by atoms with Crippen molar-refractivity contribution in [3.8, 4) is 67.5 Å². The molecule has 0 fully saturated rings. The Balaban J connectivity index is 0.000000124. The predicted octanol–water partition coefficient (Wildman–Crippen LogP) is 17.0. The minimum Gasteiger partial charge on any atom is -0.262 e. The summed E-state index contributed by atoms with van der Waals surface area (Å²) in [4.78, 5) is 45.5. The lowest BCUT2D eigenvalue weighted by Gasteiger charge is -2.10. The lowest BCUT2D eigenvalue weighted by molar-refractivity contribution is 1.15. The molecule has 0 aliphatic heterocycles. The minimum absolute atomic E-state index is 0.587. The molecule has 12 rings (SSSR count). The number of aromatic nitrogens is 10. The highest BCUT2D eigenvalue weighted by atomic mass is 79.9. The van der Waals surface area contributed by atoms with E-state index in [1.165, 1.54) is 6.33 Å². The van der Waals surface area contributed by atoms with Crippen molar-refractivity contribution in [2.24, 2.45) is 0 Å². The maximum atomic E-state index is 4.84. The van der Waals surface area contributed by atoms with E-state index in [-0.39, 0.29) is 0 Å². The third-order valence-corrected chi connectivity index (χ3v) is 14.1. The summed E-state index contributed by atoms with van der Waals surface area (Å²) >= 11 is 20.8. The minimum atomic E-state index is 0.587. The zero-order valence-corrected chi connectivity index (χ0v) is 46.7. The van der Waals surface area contributed by atoms with Crippen molar-refractivity contribution >= 4 is 129 Å². The van der Waals surface area contributed by atoms with Crippen LogP contribution in [0.5, 0.6) is 0 Å². The summed E-state index contributed by atoms with van der Waals surface area (Å²) in [7, 11) is 0. The number of fused-ring (bicyclic) bond motifs is 3. The maximum Gasteiger partial charge on any atom is 0.181 e. The number of nitrogens with zero attached hydrogens (tertiary/aromatic N) is 10. The van der Waals surface area contributed by atoms with Gasteiger partial charge in [-0.05, 0) is 91.0 Å². The molecule has 6 aromatic carbocycles. The first-order valence-electron chi connectivity index (χ1n) is 21.9. The number of hydrogen-bond donors (Lipinski definition) is 0. The van der Waals surface area contributed by atoms with Crippen molar-refractivity contribution in [3.63, 3.8) is 0 Å². The molecule has 0 saturated carbocycles. The molecule has 10 nitrogen and oxygen atoms in total. The van der Waals surface area contributed by atoms with E-state index >= 15 is 0 Å². The molecule has 0 atom stereocenters. The van der Waals surface area contributed by atoms with Gasteiger partial charge in [-0.3, -0.25) is 4.98 Å². The maximum absolute atomic E-state index is 4.84. The van der Waals surface area contributed by atoms with Crippen LogP contribution in [-0.4, -0.2) is 49.8 Å². The van der Waals surface area contributed by atoms with E-state index in [0.29, 0.717) is 16.8 Å². The lowest BCUT2D eigenvalue weighted by Crippen LogP contribution is -1.97. The Morgan fingerprint density at radius 1 is 0.250 bits per heavy atom. The molecule has 6 aromatic heterocycles. The first-order chi connectivity index (χ1) is 35.1. The zero-order chi connectivity index (χ0) is 49.6. The summed E-state index contributed by atoms with van der Waals surface area (Å²) in [6.07, 6.45) is 8.39. The zero-order valence-electron chi connectivity index (χ0n) is 37.2. The van der Waals surface area contributed by atoms with Crippen molar-refractivity contribution in [2.45, 2.75) is 0 Å². The summed E-state index contributed by atoms with van der Waals surface area (Å²) in [5, 5.41) is 0. The molecule has 0 amide bonds. The normalized spacial score (nSPS) is 10.9. The predicted molar refractivity (Wildman–Crippen MR) is 309 cm³/mol. The van der Waals surface area contributed by atoms with Crippen LogP contribution in [0.15, 0.2) is 222 Å². The molecule has 0 radical (unpaired) electrons. The van der Waals surface area contributed by atoms with E-state index in [1.807, 2.05) is 164 Å². The van der Waals surface area contributed by atoms with Gasteiger partial charge in [0.15, 0.2) is 11.3 Å². The highest BCUT2D eigenvalue weighted by Crippen LogP contribution is 2.35. The molecular weight excluding hydrogens is 1290 g/mol. The summed E-state index contributed by atoms with van der Waals surface area (Å²) < 4.78 is 6.18. The third-order valence-electron chi connectivity index (χ3n) is 11.0. The Hall–Kier alpha value is -6.40. The first kappa shape index (κ1) is 49.2. The van der Waals surface area contributed by atoms with Crippen LogP contribution in [0.2, 0.25) is 0 Å². The van der Waals surface area contributed by atoms with E-state index in [4.69, 9.17) is 29.9 Å². The standard InChI is InChI=1S/2C19H11Br2N3.C18H10Br2N4/c20-14-5-1-12(2-6-14)18-19(13-3-7-15(21)8-4-13)24-17-11-22-10-9-16(17)23-18;20-14-7-3-12(4-8-14)17-18(13-5-9-15(21)10-6-13)24-19-16(23-17)2-1-11-22-19;19-13-5-1-11(2-6-13)16-17(12-3-7-14(20)8-4-12)24-18-15(23-16)9-21-10-22-18/h2*1-11H;1-10H. The molecule has 0 bridgehead atoms. The van der Waals surface area contributed by atoms with Gasteiger partial charge in [-0.15, -0.1) is 0 Å². The fraction of sp³-hybridized carbons (Fsp3) is 0. The number of halogens is 6. The van der Waals surface area contributed by atoms with E-state index in [0.717, 1.165) is 111 Å². The van der Waals surface area contributed by atoms with E-state index < -0.39 is 0 Å². The summed E-state index contributed by atoms with van der Waals surface area (Å²) in [5.41, 5.74) is 15.4. The molecule has 0 saturated heterocycles. The van der Waals surface area contributed by atoms with Crippen LogP contribution in [0.25, 0.3) is 101 Å². The van der Waals surface area contributed by atoms with Gasteiger partial charge in [0.05, 0.1) is 52.1 Å². The average Bonchev–Trinajstić information content (AvgIpc) is 3.41. The Bertz CT molecular complexity index is 3190. The Morgan fingerprint density at radius 2 is 0.569 bits per heavy atom. The monoisotopic (exact) mass is 1320 g/mol. The fourth-order valence-electron chi connectivity index (χ4n) is 7.47. The van der Waals surface area contributed by atoms with Gasteiger partial charge in [-0.1, -0.05) is 168 Å². The number of pyridine rings is 2. The SMILES string of the molecule is Brc1ccc(-c2nc3cccnc3nc2-c2ccc(Br)cc2)cc1.Brc1ccc(-c2nc3ccncc3nc2-c2ccc(Br)cc2)cc1.Brc1ccc(-c2nc3cncnc3nc2-c2ccc(Br)cc2)cc1. The second-order valence-corrected chi connectivity index (χ2v) is 21.2. The first-order valence-corrected chi connectivity index (χ1v) is 26.7. The Kier molecular flexibility index (Phi) is 15.4. The summed E-state index contributed by atoms with van der Waals surface area (Å²) in [6.45, 7) is 0. The molecule has 0 aliphatic rings. The smallest absolute Gasteiger partial charge is 0.181 e. The quantitative estimate of drug-likeness (QED) is 0.159. The molecule has 12 aromatic rings. The second kappa shape index (κ2) is 22.6. The third kappa shape index (κ3) is 11.6. The lowest BCUT2D eigenvalue weighted by atomic mass is 10.0. The van der Waals surface area contributed by atoms with Crippen LogP contribution in [0.1, 0.15) is 0 Å². The number of hydrogen-bond acceptors (Lipinski definition) is 10. The molecule has 0 spiro atoms. The van der Waals surface area contributed by atoms with Gasteiger partial charge in [-0.2, -0.15) is 0 Å². The molecule has 0 aliphatic carbocycles. The van der Waals surface area contributed by atoms with Gasteiger partial charge < -0.3 is 0 Å². The Morgan fingerprint density at radius 3 is 0.972 bits per heavy atom. The van der Waals surface area contributed by atoms with Crippen molar-refractivity contribution in [1.82, 2.24) is 49.8 Å². The van der Waals surface area contributed by atoms with Crippen LogP contribution in [0.3, 0.4) is 0 Å². The number of rotatable bonds is 6. The van der Waals surface area contributed by atoms with Crippen LogP contribution in [0.4, 0.5) is 0 Å². The highest BCUT2D eigenvalue weighted by Gasteiger charge is 2.17. The van der Waals surface area contributed by atoms with Crippen molar-refractivity contribution in [1.29, 1.82) is 0 Å². The van der Waals surface area contributed by atoms with Crippen LogP contribution >= 0.6 is 95.6 Å². The van der Waals surface area contributed by atoms with Crippen molar-refractivity contribution < 1.29 is 0 Å². The Labute approximate surface area is 463 Å². The largest absolute Gasteiger partial charge is 0.262 e. The second-order valence-electron chi connectivity index (χ2n) is 15.7. The molecule has 348 valence electrons. The van der Waals surface area contributed by atoms with Gasteiger partial charge in [0, 0.05) is 72.6 Å². The molecular formula is C56H32Br6N10. The van der Waals surface area contributed by atoms with Gasteiger partial charge in [0.25, 0.3) is 0 Å². The van der Waals surface area contributed by atoms with Crippen LogP contribution in [0, 0.1) is 0 Å². The van der Waals surface area contributed by atoms with Crippen LogP contribution in [-0.2, 0) is 0 Å². The van der Waals surface area contributed by atoms with E-state index in [1.54, 1.807) is 24.8 Å². The summed E-state index contributed by atoms with van der Waals surface area (Å²) in [6, 6.07) is 54.1. The fourth-order valence-corrected chi connectivity index (χ4v) is 9.05. The van der Waals surface area contributed by atoms with Crippen molar-refractivity contribution in [2.75, 3.05) is 0 Å².